The van der Waals surface area contributed by atoms with Gasteiger partial charge in [0.05, 0.1) is 25.0 Å². The summed E-state index contributed by atoms with van der Waals surface area (Å²) in [4.78, 5) is 24.9. The smallest absolute Gasteiger partial charge is 0.310 e. The summed E-state index contributed by atoms with van der Waals surface area (Å²) in [6, 6.07) is 10.1. The second-order valence-electron chi connectivity index (χ2n) is 7.62. The Labute approximate surface area is 162 Å². The molecule has 0 spiro atoms. The lowest BCUT2D eigenvalue weighted by Crippen LogP contribution is -2.34. The van der Waals surface area contributed by atoms with Crippen LogP contribution in [0.3, 0.4) is 0 Å². The van der Waals surface area contributed by atoms with Gasteiger partial charge in [-0.3, -0.25) is 9.59 Å². The lowest BCUT2D eigenvalue weighted by molar-refractivity contribution is -0.161. The summed E-state index contributed by atoms with van der Waals surface area (Å²) in [5, 5.41) is 0. The van der Waals surface area contributed by atoms with Crippen molar-refractivity contribution in [2.24, 2.45) is 17.8 Å². The van der Waals surface area contributed by atoms with Gasteiger partial charge in [0.15, 0.2) is 0 Å². The number of aryl methyl sites for hydroxylation is 1. The minimum absolute atomic E-state index is 0.269. The van der Waals surface area contributed by atoms with Gasteiger partial charge in [0, 0.05) is 0 Å². The first-order valence-electron chi connectivity index (χ1n) is 10.1. The van der Waals surface area contributed by atoms with Gasteiger partial charge in [-0.05, 0) is 50.0 Å². The van der Waals surface area contributed by atoms with E-state index in [1.807, 2.05) is 30.4 Å². The van der Waals surface area contributed by atoms with Gasteiger partial charge in [-0.25, -0.2) is 0 Å². The average Bonchev–Trinajstić information content (AvgIpc) is 2.69. The molecule has 0 saturated carbocycles. The van der Waals surface area contributed by atoms with Gasteiger partial charge in [-0.15, -0.1) is 0 Å². The van der Waals surface area contributed by atoms with Crippen molar-refractivity contribution in [3.05, 3.63) is 48.0 Å². The van der Waals surface area contributed by atoms with Crippen molar-refractivity contribution in [2.75, 3.05) is 13.2 Å². The number of hydrogen-bond acceptors (Lipinski definition) is 4. The highest BCUT2D eigenvalue weighted by molar-refractivity contribution is 5.82. The summed E-state index contributed by atoms with van der Waals surface area (Å²) >= 11 is 0. The summed E-state index contributed by atoms with van der Waals surface area (Å²) in [6.07, 6.45) is 8.56. The Bertz CT molecular complexity index is 606. The van der Waals surface area contributed by atoms with E-state index in [1.54, 1.807) is 0 Å². The highest BCUT2D eigenvalue weighted by Gasteiger charge is 2.36. The van der Waals surface area contributed by atoms with E-state index in [9.17, 15) is 9.59 Å². The molecule has 1 aliphatic rings. The predicted octanol–water partition coefficient (Wildman–Crippen LogP) is 4.72. The summed E-state index contributed by atoms with van der Waals surface area (Å²) in [5.74, 6) is -0.800. The fraction of sp³-hybridized carbons (Fsp3) is 0.565. The average molecular weight is 373 g/mol. The molecule has 0 saturated heterocycles. The molecule has 0 bridgehead atoms. The third kappa shape index (κ3) is 7.58. The van der Waals surface area contributed by atoms with Crippen LogP contribution in [0.25, 0.3) is 0 Å². The number of rotatable bonds is 10. The van der Waals surface area contributed by atoms with Gasteiger partial charge in [0.25, 0.3) is 0 Å². The first kappa shape index (κ1) is 21.2. The van der Waals surface area contributed by atoms with Crippen LogP contribution in [0.5, 0.6) is 0 Å². The van der Waals surface area contributed by atoms with Gasteiger partial charge >= 0.3 is 11.9 Å². The first-order valence-corrected chi connectivity index (χ1v) is 10.1. The molecule has 27 heavy (non-hydrogen) atoms. The van der Waals surface area contributed by atoms with E-state index in [1.165, 1.54) is 5.56 Å². The minimum Gasteiger partial charge on any atom is -0.465 e. The Morgan fingerprint density at radius 3 is 2.04 bits per heavy atom. The Morgan fingerprint density at radius 2 is 1.48 bits per heavy atom. The van der Waals surface area contributed by atoms with Gasteiger partial charge in [0.2, 0.25) is 0 Å². The van der Waals surface area contributed by atoms with Crippen molar-refractivity contribution in [2.45, 2.75) is 52.4 Å². The molecular weight excluding hydrogens is 340 g/mol. The molecule has 2 atom stereocenters. The number of esters is 2. The van der Waals surface area contributed by atoms with Crippen LogP contribution in [0, 0.1) is 17.8 Å². The van der Waals surface area contributed by atoms with Gasteiger partial charge in [-0.1, -0.05) is 56.3 Å². The second-order valence-corrected chi connectivity index (χ2v) is 7.62. The van der Waals surface area contributed by atoms with Crippen molar-refractivity contribution in [1.29, 1.82) is 0 Å². The normalized spacial score (nSPS) is 19.1. The SMILES string of the molecule is CC(C)CCCOC(=O)C1CC=CCC1C(=O)OCCCc1ccccc1. The Morgan fingerprint density at radius 1 is 0.926 bits per heavy atom. The third-order valence-electron chi connectivity index (χ3n) is 4.90. The Hall–Kier alpha value is -2.10. The van der Waals surface area contributed by atoms with Crippen LogP contribution in [0.4, 0.5) is 0 Å². The Kier molecular flexibility index (Phi) is 9.09. The molecule has 4 nitrogen and oxygen atoms in total. The topological polar surface area (TPSA) is 52.6 Å². The van der Waals surface area contributed by atoms with Gasteiger partial charge in [0.1, 0.15) is 0 Å². The minimum atomic E-state index is -0.427. The molecule has 1 aromatic rings. The fourth-order valence-electron chi connectivity index (χ4n) is 3.31. The highest BCUT2D eigenvalue weighted by Crippen LogP contribution is 2.28. The van der Waals surface area contributed by atoms with Crippen molar-refractivity contribution >= 4 is 11.9 Å². The quantitative estimate of drug-likeness (QED) is 0.339. The lowest BCUT2D eigenvalue weighted by atomic mass is 9.83. The zero-order valence-corrected chi connectivity index (χ0v) is 16.6. The largest absolute Gasteiger partial charge is 0.465 e. The van der Waals surface area contributed by atoms with Crippen LogP contribution in [0.1, 0.15) is 51.5 Å². The number of carbonyl (C=O) groups is 2. The summed E-state index contributed by atoms with van der Waals surface area (Å²) in [7, 11) is 0. The van der Waals surface area contributed by atoms with Gasteiger partial charge < -0.3 is 9.47 Å². The highest BCUT2D eigenvalue weighted by atomic mass is 16.5. The van der Waals surface area contributed by atoms with E-state index in [0.717, 1.165) is 25.7 Å². The van der Waals surface area contributed by atoms with E-state index < -0.39 is 11.8 Å². The number of benzene rings is 1. The molecule has 0 aromatic heterocycles. The maximum Gasteiger partial charge on any atom is 0.310 e. The fourth-order valence-corrected chi connectivity index (χ4v) is 3.31. The monoisotopic (exact) mass is 372 g/mol. The predicted molar refractivity (Wildman–Crippen MR) is 106 cm³/mol. The van der Waals surface area contributed by atoms with E-state index in [0.29, 0.717) is 32.0 Å². The first-order chi connectivity index (χ1) is 13.1. The van der Waals surface area contributed by atoms with Crippen molar-refractivity contribution in [3.8, 4) is 0 Å². The van der Waals surface area contributed by atoms with E-state index in [-0.39, 0.29) is 11.9 Å². The molecular formula is C23H32O4. The van der Waals surface area contributed by atoms with E-state index >= 15 is 0 Å². The van der Waals surface area contributed by atoms with E-state index in [4.69, 9.17) is 9.47 Å². The molecule has 1 aromatic carbocycles. The van der Waals surface area contributed by atoms with Crippen molar-refractivity contribution in [1.82, 2.24) is 0 Å². The van der Waals surface area contributed by atoms with Crippen LogP contribution in [-0.2, 0) is 25.5 Å². The summed E-state index contributed by atoms with van der Waals surface area (Å²) in [5.41, 5.74) is 1.23. The molecule has 0 radical (unpaired) electrons. The molecule has 148 valence electrons. The molecule has 0 fully saturated rings. The maximum absolute atomic E-state index is 12.5. The summed E-state index contributed by atoms with van der Waals surface area (Å²) in [6.45, 7) is 5.11. The van der Waals surface area contributed by atoms with Crippen molar-refractivity contribution in [3.63, 3.8) is 0 Å². The van der Waals surface area contributed by atoms with Gasteiger partial charge in [-0.2, -0.15) is 0 Å². The lowest BCUT2D eigenvalue weighted by Gasteiger charge is -2.25. The van der Waals surface area contributed by atoms with Crippen LogP contribution in [0.2, 0.25) is 0 Å². The zero-order chi connectivity index (χ0) is 19.5. The van der Waals surface area contributed by atoms with Crippen molar-refractivity contribution < 1.29 is 19.1 Å². The molecule has 0 heterocycles. The Balaban J connectivity index is 1.75. The molecule has 0 amide bonds. The number of hydrogen-bond donors (Lipinski definition) is 0. The molecule has 0 aliphatic heterocycles. The molecule has 2 unspecified atom stereocenters. The number of carbonyl (C=O) groups excluding carboxylic acids is 2. The molecule has 4 heteroatoms. The number of ether oxygens (including phenoxy) is 2. The molecule has 2 rings (SSSR count). The summed E-state index contributed by atoms with van der Waals surface area (Å²) < 4.78 is 10.9. The standard InChI is InChI=1S/C23H32O4/c1-18(2)10-8-16-26-22(24)20-14-6-7-15-21(20)23(25)27-17-9-13-19-11-4-3-5-12-19/h3-7,11-12,18,20-21H,8-10,13-17H2,1-2H3. The van der Waals surface area contributed by atoms with Crippen LogP contribution in [-0.4, -0.2) is 25.2 Å². The molecule has 1 aliphatic carbocycles. The van der Waals surface area contributed by atoms with Crippen LogP contribution in [0.15, 0.2) is 42.5 Å². The van der Waals surface area contributed by atoms with Crippen LogP contribution >= 0.6 is 0 Å². The maximum atomic E-state index is 12.5. The zero-order valence-electron chi connectivity index (χ0n) is 16.6. The third-order valence-corrected chi connectivity index (χ3v) is 4.90. The second kappa shape index (κ2) is 11.6. The van der Waals surface area contributed by atoms with E-state index in [2.05, 4.69) is 26.0 Å². The number of allylic oxidation sites excluding steroid dienone is 2. The van der Waals surface area contributed by atoms with Crippen LogP contribution < -0.4 is 0 Å². The molecule has 0 N–H and O–H groups in total.